The maximum absolute atomic E-state index is 12.3. The molecule has 2 aromatic carbocycles. The molecule has 0 saturated heterocycles. The van der Waals surface area contributed by atoms with Gasteiger partial charge in [0.05, 0.1) is 17.2 Å². The normalized spacial score (nSPS) is 11.4. The molecule has 2 amide bonds. The summed E-state index contributed by atoms with van der Waals surface area (Å²) in [5, 5.41) is 2.51. The number of nitrogens with one attached hydrogen (secondary N) is 2. The van der Waals surface area contributed by atoms with Crippen molar-refractivity contribution in [1.29, 1.82) is 0 Å². The molecule has 0 radical (unpaired) electrons. The van der Waals surface area contributed by atoms with Crippen molar-refractivity contribution in [3.05, 3.63) is 54.1 Å². The molecule has 2 rings (SSSR count). The number of carbonyl (C=O) groups is 1. The number of amides is 2. The molecule has 0 bridgehead atoms. The number of hydrogen-bond donors (Lipinski definition) is 2. The zero-order valence-corrected chi connectivity index (χ0v) is 16.8. The molecule has 0 heterocycles. The predicted molar refractivity (Wildman–Crippen MR) is 110 cm³/mol. The first kappa shape index (κ1) is 21.4. The second-order valence-corrected chi connectivity index (χ2v) is 7.62. The fourth-order valence-corrected chi connectivity index (χ4v) is 3.25. The Balaban J connectivity index is 2.05. The summed E-state index contributed by atoms with van der Waals surface area (Å²) in [6.45, 7) is 4.87. The van der Waals surface area contributed by atoms with E-state index in [0.29, 0.717) is 18.8 Å². The van der Waals surface area contributed by atoms with Crippen LogP contribution in [-0.4, -0.2) is 33.8 Å². The molecule has 150 valence electrons. The molecule has 0 fully saturated rings. The predicted octanol–water partition coefficient (Wildman–Crippen LogP) is 3.62. The van der Waals surface area contributed by atoms with Crippen molar-refractivity contribution in [2.75, 3.05) is 13.2 Å². The summed E-state index contributed by atoms with van der Waals surface area (Å²) >= 11 is 0. The molecule has 0 spiro atoms. The summed E-state index contributed by atoms with van der Waals surface area (Å²) in [6.07, 6.45) is 3.35. The maximum atomic E-state index is 12.3. The lowest BCUT2D eigenvalue weighted by molar-refractivity contribution is 0.245. The van der Waals surface area contributed by atoms with E-state index in [1.54, 1.807) is 18.3 Å². The molecule has 8 heteroatoms. The summed E-state index contributed by atoms with van der Waals surface area (Å²) < 4.78 is 32.1. The van der Waals surface area contributed by atoms with Crippen LogP contribution in [0.2, 0.25) is 0 Å². The zero-order valence-electron chi connectivity index (χ0n) is 16.0. The van der Waals surface area contributed by atoms with Crippen molar-refractivity contribution in [3.8, 4) is 5.75 Å². The molecule has 0 aliphatic carbocycles. The van der Waals surface area contributed by atoms with Crippen molar-refractivity contribution >= 4 is 28.0 Å². The van der Waals surface area contributed by atoms with Gasteiger partial charge in [-0.25, -0.2) is 17.9 Å². The molecule has 2 N–H and O–H groups in total. The van der Waals surface area contributed by atoms with Gasteiger partial charge in [0.2, 0.25) is 0 Å². The summed E-state index contributed by atoms with van der Waals surface area (Å²) in [6, 6.07) is 12.7. The Bertz CT molecular complexity index is 909. The first-order valence-electron chi connectivity index (χ1n) is 9.13. The van der Waals surface area contributed by atoms with Crippen molar-refractivity contribution in [2.45, 2.75) is 31.6 Å². The SMILES string of the molecule is CCCCNC(=O)NS(=O)(=O)c1ccc(N=Cc2ccccc2OCC)cc1. The maximum Gasteiger partial charge on any atom is 0.328 e. The fourth-order valence-electron chi connectivity index (χ4n) is 2.33. The summed E-state index contributed by atoms with van der Waals surface area (Å²) in [4.78, 5) is 16.0. The number of sulfonamides is 1. The van der Waals surface area contributed by atoms with E-state index in [9.17, 15) is 13.2 Å². The highest BCUT2D eigenvalue weighted by molar-refractivity contribution is 7.90. The van der Waals surface area contributed by atoms with Gasteiger partial charge in [-0.1, -0.05) is 25.5 Å². The standard InChI is InChI=1S/C20H25N3O4S/c1-3-5-14-21-20(24)23-28(25,26)18-12-10-17(11-13-18)22-15-16-8-6-7-9-19(16)27-4-2/h6-13,15H,3-5,14H2,1-2H3,(H2,21,23,24). The van der Waals surface area contributed by atoms with Gasteiger partial charge in [0.25, 0.3) is 10.0 Å². The molecule has 7 nitrogen and oxygen atoms in total. The highest BCUT2D eigenvalue weighted by atomic mass is 32.2. The van der Waals surface area contributed by atoms with E-state index in [1.807, 2.05) is 42.8 Å². The molecular weight excluding hydrogens is 378 g/mol. The van der Waals surface area contributed by atoms with Crippen molar-refractivity contribution in [1.82, 2.24) is 10.0 Å². The van der Waals surface area contributed by atoms with E-state index in [2.05, 4.69) is 10.3 Å². The van der Waals surface area contributed by atoms with E-state index in [4.69, 9.17) is 4.74 Å². The average Bonchev–Trinajstić information content (AvgIpc) is 2.68. The molecule has 0 aliphatic heterocycles. The Morgan fingerprint density at radius 1 is 1.11 bits per heavy atom. The van der Waals surface area contributed by atoms with Crippen LogP contribution in [0.15, 0.2) is 58.4 Å². The van der Waals surface area contributed by atoms with Crippen LogP contribution in [0.25, 0.3) is 0 Å². The van der Waals surface area contributed by atoms with Gasteiger partial charge in [-0.15, -0.1) is 0 Å². The lowest BCUT2D eigenvalue weighted by Gasteiger charge is -2.08. The van der Waals surface area contributed by atoms with Gasteiger partial charge in [-0.2, -0.15) is 0 Å². The monoisotopic (exact) mass is 403 g/mol. The molecule has 0 aliphatic rings. The Hall–Kier alpha value is -2.87. The molecule has 0 atom stereocenters. The number of nitrogens with zero attached hydrogens (tertiary/aromatic N) is 1. The highest BCUT2D eigenvalue weighted by Crippen LogP contribution is 2.19. The van der Waals surface area contributed by atoms with Crippen LogP contribution in [0.5, 0.6) is 5.75 Å². The minimum atomic E-state index is -3.93. The third-order valence-electron chi connectivity index (χ3n) is 3.76. The highest BCUT2D eigenvalue weighted by Gasteiger charge is 2.17. The van der Waals surface area contributed by atoms with E-state index < -0.39 is 16.1 Å². The fraction of sp³-hybridized carbons (Fsp3) is 0.300. The second kappa shape index (κ2) is 10.5. The number of benzene rings is 2. The largest absolute Gasteiger partial charge is 0.493 e. The Labute approximate surface area is 165 Å². The number of urea groups is 1. The Morgan fingerprint density at radius 3 is 2.50 bits per heavy atom. The van der Waals surface area contributed by atoms with Gasteiger partial charge in [-0.3, -0.25) is 4.99 Å². The number of carbonyl (C=O) groups excluding carboxylic acids is 1. The van der Waals surface area contributed by atoms with Gasteiger partial charge in [-0.05, 0) is 49.7 Å². The van der Waals surface area contributed by atoms with Crippen molar-refractivity contribution in [3.63, 3.8) is 0 Å². The van der Waals surface area contributed by atoms with Crippen LogP contribution in [0, 0.1) is 0 Å². The second-order valence-electron chi connectivity index (χ2n) is 5.94. The average molecular weight is 404 g/mol. The number of hydrogen-bond acceptors (Lipinski definition) is 5. The van der Waals surface area contributed by atoms with Crippen LogP contribution >= 0.6 is 0 Å². The minimum absolute atomic E-state index is 0.00759. The number of aliphatic imine (C=N–C) groups is 1. The number of unbranched alkanes of at least 4 members (excludes halogenated alkanes) is 1. The molecule has 0 unspecified atom stereocenters. The first-order chi connectivity index (χ1) is 13.5. The van der Waals surface area contributed by atoms with Crippen LogP contribution in [-0.2, 0) is 10.0 Å². The molecule has 28 heavy (non-hydrogen) atoms. The smallest absolute Gasteiger partial charge is 0.328 e. The summed E-state index contributed by atoms with van der Waals surface area (Å²) in [7, 11) is -3.93. The van der Waals surface area contributed by atoms with Gasteiger partial charge in [0, 0.05) is 18.3 Å². The number of para-hydroxylation sites is 1. The van der Waals surface area contributed by atoms with Crippen LogP contribution < -0.4 is 14.8 Å². The lowest BCUT2D eigenvalue weighted by Crippen LogP contribution is -2.39. The molecule has 0 saturated carbocycles. The quantitative estimate of drug-likeness (QED) is 0.494. The van der Waals surface area contributed by atoms with Gasteiger partial charge < -0.3 is 10.1 Å². The van der Waals surface area contributed by atoms with Gasteiger partial charge >= 0.3 is 6.03 Å². The van der Waals surface area contributed by atoms with Gasteiger partial charge in [0.15, 0.2) is 0 Å². The Morgan fingerprint density at radius 2 is 1.82 bits per heavy atom. The van der Waals surface area contributed by atoms with Crippen molar-refractivity contribution in [2.24, 2.45) is 4.99 Å². The van der Waals surface area contributed by atoms with Gasteiger partial charge in [0.1, 0.15) is 5.75 Å². The van der Waals surface area contributed by atoms with Crippen LogP contribution in [0.3, 0.4) is 0 Å². The van der Waals surface area contributed by atoms with E-state index in [-0.39, 0.29) is 4.90 Å². The molecule has 2 aromatic rings. The van der Waals surface area contributed by atoms with E-state index in [0.717, 1.165) is 24.2 Å². The summed E-state index contributed by atoms with van der Waals surface area (Å²) in [5.74, 6) is 0.728. The molecule has 0 aromatic heterocycles. The number of rotatable bonds is 9. The third-order valence-corrected chi connectivity index (χ3v) is 5.11. The van der Waals surface area contributed by atoms with Crippen molar-refractivity contribution < 1.29 is 17.9 Å². The Kier molecular flexibility index (Phi) is 8.01. The minimum Gasteiger partial charge on any atom is -0.493 e. The van der Waals surface area contributed by atoms with E-state index in [1.165, 1.54) is 12.1 Å². The number of ether oxygens (including phenoxy) is 1. The van der Waals surface area contributed by atoms with Crippen LogP contribution in [0.4, 0.5) is 10.5 Å². The summed E-state index contributed by atoms with van der Waals surface area (Å²) in [5.41, 5.74) is 1.41. The third kappa shape index (κ3) is 6.38. The first-order valence-corrected chi connectivity index (χ1v) is 10.6. The lowest BCUT2D eigenvalue weighted by atomic mass is 10.2. The van der Waals surface area contributed by atoms with E-state index >= 15 is 0 Å². The topological polar surface area (TPSA) is 96.9 Å². The van der Waals surface area contributed by atoms with Crippen LogP contribution in [0.1, 0.15) is 32.3 Å². The zero-order chi connectivity index (χ0) is 20.4. The molecular formula is C20H25N3O4S.